The van der Waals surface area contributed by atoms with Crippen LogP contribution >= 0.6 is 0 Å². The summed E-state index contributed by atoms with van der Waals surface area (Å²) in [6.45, 7) is 0.738. The van der Waals surface area contributed by atoms with Crippen molar-refractivity contribution in [2.75, 3.05) is 13.7 Å². The third-order valence-electron chi connectivity index (χ3n) is 3.35. The molecule has 5 nitrogen and oxygen atoms in total. The van der Waals surface area contributed by atoms with Crippen LogP contribution < -0.4 is 5.73 Å². The fourth-order valence-electron chi connectivity index (χ4n) is 2.28. The van der Waals surface area contributed by atoms with E-state index >= 15 is 0 Å². The van der Waals surface area contributed by atoms with Gasteiger partial charge in [0.1, 0.15) is 0 Å². The highest BCUT2D eigenvalue weighted by Crippen LogP contribution is 2.31. The molecular formula is C12H21N3O2. The van der Waals surface area contributed by atoms with Gasteiger partial charge in [0.25, 0.3) is 0 Å². The number of rotatable bonds is 5. The maximum atomic E-state index is 5.88. The number of ether oxygens (including phenoxy) is 1. The van der Waals surface area contributed by atoms with Crippen LogP contribution in [0, 0.1) is 0 Å². The SMILES string of the molecule is COCCCc1noc(C2CCC(N)CC2)n1. The van der Waals surface area contributed by atoms with Crippen LogP contribution in [0.25, 0.3) is 0 Å². The molecule has 0 unspecified atom stereocenters. The van der Waals surface area contributed by atoms with E-state index in [2.05, 4.69) is 10.1 Å². The Balaban J connectivity index is 1.85. The van der Waals surface area contributed by atoms with Crippen molar-refractivity contribution in [3.05, 3.63) is 11.7 Å². The van der Waals surface area contributed by atoms with Gasteiger partial charge >= 0.3 is 0 Å². The molecular weight excluding hydrogens is 218 g/mol. The zero-order chi connectivity index (χ0) is 12.1. The molecule has 0 aliphatic heterocycles. The average Bonchev–Trinajstić information content (AvgIpc) is 2.79. The number of methoxy groups -OCH3 is 1. The summed E-state index contributed by atoms with van der Waals surface area (Å²) in [5.74, 6) is 2.01. The molecule has 5 heteroatoms. The van der Waals surface area contributed by atoms with Crippen LogP contribution in [-0.4, -0.2) is 29.9 Å². The quantitative estimate of drug-likeness (QED) is 0.790. The lowest BCUT2D eigenvalue weighted by Crippen LogP contribution is -2.25. The summed E-state index contributed by atoms with van der Waals surface area (Å²) in [4.78, 5) is 4.46. The molecule has 0 aromatic carbocycles. The van der Waals surface area contributed by atoms with Gasteiger partial charge in [-0.15, -0.1) is 0 Å². The van der Waals surface area contributed by atoms with Crippen molar-refractivity contribution < 1.29 is 9.26 Å². The Morgan fingerprint density at radius 2 is 2.12 bits per heavy atom. The van der Waals surface area contributed by atoms with Gasteiger partial charge in [-0.05, 0) is 32.1 Å². The van der Waals surface area contributed by atoms with E-state index in [0.29, 0.717) is 12.0 Å². The molecule has 96 valence electrons. The second kappa shape index (κ2) is 6.12. The summed E-state index contributed by atoms with van der Waals surface area (Å²) in [6.07, 6.45) is 6.02. The van der Waals surface area contributed by atoms with Crippen molar-refractivity contribution in [1.82, 2.24) is 10.1 Å². The summed E-state index contributed by atoms with van der Waals surface area (Å²) < 4.78 is 10.3. The number of nitrogens with two attached hydrogens (primary N) is 1. The van der Waals surface area contributed by atoms with Crippen LogP contribution in [0.3, 0.4) is 0 Å². The highest BCUT2D eigenvalue weighted by Gasteiger charge is 2.24. The van der Waals surface area contributed by atoms with Crippen molar-refractivity contribution in [2.45, 2.75) is 50.5 Å². The predicted octanol–water partition coefficient (Wildman–Crippen LogP) is 1.63. The maximum absolute atomic E-state index is 5.88. The highest BCUT2D eigenvalue weighted by molar-refractivity contribution is 4.97. The van der Waals surface area contributed by atoms with E-state index in [1.165, 1.54) is 0 Å². The van der Waals surface area contributed by atoms with Gasteiger partial charge in [0, 0.05) is 32.1 Å². The van der Waals surface area contributed by atoms with Crippen molar-refractivity contribution >= 4 is 0 Å². The third-order valence-corrected chi connectivity index (χ3v) is 3.35. The summed E-state index contributed by atoms with van der Waals surface area (Å²) in [6, 6.07) is 0.357. The first-order valence-corrected chi connectivity index (χ1v) is 6.36. The van der Waals surface area contributed by atoms with E-state index < -0.39 is 0 Å². The Morgan fingerprint density at radius 3 is 2.82 bits per heavy atom. The molecule has 1 fully saturated rings. The van der Waals surface area contributed by atoms with Gasteiger partial charge in [-0.3, -0.25) is 0 Å². The van der Waals surface area contributed by atoms with E-state index in [1.807, 2.05) is 0 Å². The zero-order valence-electron chi connectivity index (χ0n) is 10.4. The van der Waals surface area contributed by atoms with E-state index in [9.17, 15) is 0 Å². The Kier molecular flexibility index (Phi) is 4.50. The zero-order valence-corrected chi connectivity index (χ0v) is 10.4. The predicted molar refractivity (Wildman–Crippen MR) is 63.7 cm³/mol. The largest absolute Gasteiger partial charge is 0.385 e. The van der Waals surface area contributed by atoms with Crippen LogP contribution in [0.5, 0.6) is 0 Å². The minimum absolute atomic E-state index is 0.357. The normalized spacial score (nSPS) is 25.1. The van der Waals surface area contributed by atoms with Crippen molar-refractivity contribution in [1.29, 1.82) is 0 Å². The van der Waals surface area contributed by atoms with Crippen LogP contribution in [0.1, 0.15) is 49.7 Å². The molecule has 1 aliphatic carbocycles. The lowest BCUT2D eigenvalue weighted by Gasteiger charge is -2.22. The molecule has 0 bridgehead atoms. The van der Waals surface area contributed by atoms with Crippen LogP contribution in [0.2, 0.25) is 0 Å². The van der Waals surface area contributed by atoms with Gasteiger partial charge in [-0.25, -0.2) is 0 Å². The molecule has 1 aromatic heterocycles. The molecule has 0 radical (unpaired) electrons. The first-order chi connectivity index (χ1) is 8.29. The molecule has 17 heavy (non-hydrogen) atoms. The minimum atomic E-state index is 0.357. The lowest BCUT2D eigenvalue weighted by atomic mass is 9.86. The number of hydrogen-bond acceptors (Lipinski definition) is 5. The van der Waals surface area contributed by atoms with Gasteiger partial charge in [0.15, 0.2) is 5.82 Å². The Hall–Kier alpha value is -0.940. The third kappa shape index (κ3) is 3.51. The van der Waals surface area contributed by atoms with E-state index in [1.54, 1.807) is 7.11 Å². The summed E-state index contributed by atoms with van der Waals surface area (Å²) in [7, 11) is 1.70. The number of nitrogens with zero attached hydrogens (tertiary/aromatic N) is 2. The van der Waals surface area contributed by atoms with Crippen LogP contribution in [0.15, 0.2) is 4.52 Å². The molecule has 0 amide bonds. The van der Waals surface area contributed by atoms with E-state index in [4.69, 9.17) is 15.0 Å². The first kappa shape index (κ1) is 12.5. The van der Waals surface area contributed by atoms with Gasteiger partial charge < -0.3 is 15.0 Å². The molecule has 2 N–H and O–H groups in total. The minimum Gasteiger partial charge on any atom is -0.385 e. The average molecular weight is 239 g/mol. The monoisotopic (exact) mass is 239 g/mol. The maximum Gasteiger partial charge on any atom is 0.229 e. The molecule has 0 atom stereocenters. The molecule has 1 aromatic rings. The number of aromatic nitrogens is 2. The standard InChI is InChI=1S/C12H21N3O2/c1-16-8-2-3-11-14-12(17-15-11)9-4-6-10(13)7-5-9/h9-10H,2-8,13H2,1H3. The van der Waals surface area contributed by atoms with Gasteiger partial charge in [0.2, 0.25) is 5.89 Å². The molecule has 1 saturated carbocycles. The van der Waals surface area contributed by atoms with Crippen molar-refractivity contribution in [2.24, 2.45) is 5.73 Å². The van der Waals surface area contributed by atoms with Crippen molar-refractivity contribution in [3.63, 3.8) is 0 Å². The van der Waals surface area contributed by atoms with E-state index in [0.717, 1.165) is 56.8 Å². The van der Waals surface area contributed by atoms with Crippen LogP contribution in [-0.2, 0) is 11.2 Å². The summed E-state index contributed by atoms with van der Waals surface area (Å²) in [5.41, 5.74) is 5.88. The lowest BCUT2D eigenvalue weighted by molar-refractivity contribution is 0.194. The fraction of sp³-hybridized carbons (Fsp3) is 0.833. The Bertz CT molecular complexity index is 332. The van der Waals surface area contributed by atoms with Gasteiger partial charge in [-0.2, -0.15) is 4.98 Å². The second-order valence-electron chi connectivity index (χ2n) is 4.76. The van der Waals surface area contributed by atoms with Gasteiger partial charge in [0.05, 0.1) is 0 Å². The van der Waals surface area contributed by atoms with Crippen molar-refractivity contribution in [3.8, 4) is 0 Å². The van der Waals surface area contributed by atoms with Crippen LogP contribution in [0.4, 0.5) is 0 Å². The summed E-state index contributed by atoms with van der Waals surface area (Å²) in [5, 5.41) is 4.01. The first-order valence-electron chi connectivity index (χ1n) is 6.36. The number of aryl methyl sites for hydroxylation is 1. The second-order valence-corrected chi connectivity index (χ2v) is 4.76. The summed E-state index contributed by atoms with van der Waals surface area (Å²) >= 11 is 0. The smallest absolute Gasteiger partial charge is 0.229 e. The molecule has 2 rings (SSSR count). The molecule has 1 heterocycles. The topological polar surface area (TPSA) is 74.2 Å². The van der Waals surface area contributed by atoms with Gasteiger partial charge in [-0.1, -0.05) is 5.16 Å². The highest BCUT2D eigenvalue weighted by atomic mass is 16.5. The molecule has 0 saturated heterocycles. The van der Waals surface area contributed by atoms with E-state index in [-0.39, 0.29) is 0 Å². The molecule has 0 spiro atoms. The Morgan fingerprint density at radius 1 is 1.35 bits per heavy atom. The Labute approximate surface area is 102 Å². The molecule has 1 aliphatic rings. The fourth-order valence-corrected chi connectivity index (χ4v) is 2.28. The number of hydrogen-bond donors (Lipinski definition) is 1.